The average Bonchev–Trinajstić information content (AvgIpc) is 1.89. The molecule has 0 saturated carbocycles. The monoisotopic (exact) mass is 122 g/mol. The summed E-state index contributed by atoms with van der Waals surface area (Å²) in [6.07, 6.45) is 3.82. The highest BCUT2D eigenvalue weighted by molar-refractivity contribution is 5.44. The van der Waals surface area contributed by atoms with Crippen LogP contribution >= 0.6 is 0 Å². The van der Waals surface area contributed by atoms with Crippen LogP contribution in [0, 0.1) is 12.4 Å². The van der Waals surface area contributed by atoms with Crippen molar-refractivity contribution in [3.05, 3.63) is 36.4 Å². The van der Waals surface area contributed by atoms with E-state index in [1.54, 1.807) is 0 Å². The Labute approximate surface area is 52.9 Å². The molecule has 2 heteroatoms. The lowest BCUT2D eigenvalue weighted by atomic mass is 10.3. The van der Waals surface area contributed by atoms with Crippen molar-refractivity contribution in [3.8, 4) is 0 Å². The molecule has 0 aliphatic heterocycles. The number of hydrogen-bond donors (Lipinski definition) is 0. The van der Waals surface area contributed by atoms with Crippen molar-refractivity contribution in [3.63, 3.8) is 0 Å². The molecule has 0 N–H and O–H groups in total. The van der Waals surface area contributed by atoms with Crippen LogP contribution in [0.4, 0.5) is 4.39 Å². The van der Waals surface area contributed by atoms with E-state index in [9.17, 15) is 4.39 Å². The Hall–Kier alpha value is -1.18. The zero-order valence-electron chi connectivity index (χ0n) is 4.71. The van der Waals surface area contributed by atoms with Crippen LogP contribution in [-0.4, -0.2) is 4.98 Å². The lowest BCUT2D eigenvalue weighted by molar-refractivity contribution is 0.618. The molecular weight excluding hydrogens is 117 g/mol. The van der Waals surface area contributed by atoms with E-state index in [4.69, 9.17) is 6.58 Å². The summed E-state index contributed by atoms with van der Waals surface area (Å²) in [6, 6.07) is 1.51. The van der Waals surface area contributed by atoms with Crippen LogP contribution in [0.3, 0.4) is 0 Å². The van der Waals surface area contributed by atoms with E-state index in [-0.39, 0.29) is 5.82 Å². The van der Waals surface area contributed by atoms with Gasteiger partial charge in [-0.2, -0.15) is 0 Å². The highest BCUT2D eigenvalue weighted by Gasteiger charge is 1.92. The summed E-state index contributed by atoms with van der Waals surface area (Å²) < 4.78 is 12.4. The Balaban J connectivity index is 3.15. The molecular formula is C7H5FN. The van der Waals surface area contributed by atoms with E-state index in [0.717, 1.165) is 6.20 Å². The molecule has 0 aromatic carbocycles. The van der Waals surface area contributed by atoms with Gasteiger partial charge in [-0.3, -0.25) is 4.98 Å². The first-order valence-corrected chi connectivity index (χ1v) is 2.49. The summed E-state index contributed by atoms with van der Waals surface area (Å²) >= 11 is 0. The number of rotatable bonds is 1. The van der Waals surface area contributed by atoms with Gasteiger partial charge in [-0.15, -0.1) is 0 Å². The smallest absolute Gasteiger partial charge is 0.148 e. The van der Waals surface area contributed by atoms with Crippen molar-refractivity contribution < 1.29 is 4.39 Å². The summed E-state index contributed by atoms with van der Waals surface area (Å²) in [5, 5.41) is 0. The quantitative estimate of drug-likeness (QED) is 0.552. The van der Waals surface area contributed by atoms with Crippen LogP contribution in [-0.2, 0) is 0 Å². The van der Waals surface area contributed by atoms with E-state index in [2.05, 4.69) is 4.98 Å². The van der Waals surface area contributed by atoms with E-state index >= 15 is 0 Å². The van der Waals surface area contributed by atoms with Crippen LogP contribution in [0.5, 0.6) is 0 Å². The Morgan fingerprint density at radius 1 is 1.67 bits per heavy atom. The van der Waals surface area contributed by atoms with Gasteiger partial charge in [0.15, 0.2) is 0 Å². The van der Waals surface area contributed by atoms with E-state index in [0.29, 0.717) is 5.56 Å². The molecule has 1 radical (unpaired) electrons. The molecule has 0 amide bonds. The first-order valence-electron chi connectivity index (χ1n) is 2.49. The van der Waals surface area contributed by atoms with Crippen LogP contribution < -0.4 is 0 Å². The van der Waals surface area contributed by atoms with E-state index in [1.165, 1.54) is 18.3 Å². The molecule has 0 atom stereocenters. The Morgan fingerprint density at radius 3 is 2.89 bits per heavy atom. The van der Waals surface area contributed by atoms with Crippen molar-refractivity contribution >= 4 is 6.08 Å². The lowest BCUT2D eigenvalue weighted by Crippen LogP contribution is -1.80. The molecule has 45 valence electrons. The highest BCUT2D eigenvalue weighted by Crippen LogP contribution is 2.03. The highest BCUT2D eigenvalue weighted by atomic mass is 19.1. The second kappa shape index (κ2) is 2.40. The molecule has 0 fully saturated rings. The summed E-state index contributed by atoms with van der Waals surface area (Å²) in [6.45, 7) is 5.06. The maximum absolute atomic E-state index is 12.4. The molecule has 0 aliphatic carbocycles. The summed E-state index contributed by atoms with van der Waals surface area (Å²) in [5.41, 5.74) is 0.380. The normalized spacial score (nSPS) is 9.00. The first-order chi connectivity index (χ1) is 4.34. The van der Waals surface area contributed by atoms with Gasteiger partial charge < -0.3 is 0 Å². The van der Waals surface area contributed by atoms with Crippen molar-refractivity contribution in [2.24, 2.45) is 0 Å². The molecule has 1 aromatic rings. The van der Waals surface area contributed by atoms with Gasteiger partial charge in [0.1, 0.15) is 5.82 Å². The standard InChI is InChI=1S/C7H5FN/c1-2-6-3-4-9-5-7(6)8/h1-5H. The van der Waals surface area contributed by atoms with Crippen LogP contribution in [0.1, 0.15) is 5.56 Å². The molecule has 9 heavy (non-hydrogen) atoms. The fourth-order valence-electron chi connectivity index (χ4n) is 0.521. The largest absolute Gasteiger partial charge is 0.262 e. The molecule has 1 aromatic heterocycles. The maximum atomic E-state index is 12.4. The molecule has 1 nitrogen and oxygen atoms in total. The Morgan fingerprint density at radius 2 is 2.44 bits per heavy atom. The van der Waals surface area contributed by atoms with Crippen molar-refractivity contribution in [2.75, 3.05) is 0 Å². The number of nitrogens with zero attached hydrogens (tertiary/aromatic N) is 1. The second-order valence-corrected chi connectivity index (χ2v) is 1.56. The molecule has 1 heterocycles. The SMILES string of the molecule is [CH]=Cc1ccncc1F. The first kappa shape index (κ1) is 5.95. The predicted molar refractivity (Wildman–Crippen MR) is 33.0 cm³/mol. The summed E-state index contributed by atoms with van der Waals surface area (Å²) in [5.74, 6) is -0.389. The number of halogens is 1. The van der Waals surface area contributed by atoms with Crippen molar-refractivity contribution in [2.45, 2.75) is 0 Å². The topological polar surface area (TPSA) is 12.9 Å². The maximum Gasteiger partial charge on any atom is 0.148 e. The predicted octanol–water partition coefficient (Wildman–Crippen LogP) is 1.67. The van der Waals surface area contributed by atoms with Gasteiger partial charge in [0.2, 0.25) is 0 Å². The van der Waals surface area contributed by atoms with Gasteiger partial charge in [0.25, 0.3) is 0 Å². The van der Waals surface area contributed by atoms with Gasteiger partial charge in [0.05, 0.1) is 6.20 Å². The second-order valence-electron chi connectivity index (χ2n) is 1.56. The minimum Gasteiger partial charge on any atom is -0.262 e. The van der Waals surface area contributed by atoms with Gasteiger partial charge >= 0.3 is 0 Å². The van der Waals surface area contributed by atoms with E-state index in [1.807, 2.05) is 0 Å². The molecule has 0 unspecified atom stereocenters. The minimum absolute atomic E-state index is 0.380. The Kier molecular flexibility index (Phi) is 1.58. The van der Waals surface area contributed by atoms with Crippen LogP contribution in [0.25, 0.3) is 6.08 Å². The summed E-state index contributed by atoms with van der Waals surface area (Å²) in [4.78, 5) is 3.54. The third kappa shape index (κ3) is 1.13. The zero-order chi connectivity index (χ0) is 6.69. The Bertz CT molecular complexity index is 220. The van der Waals surface area contributed by atoms with Crippen LogP contribution in [0.15, 0.2) is 18.5 Å². The fourth-order valence-corrected chi connectivity index (χ4v) is 0.521. The molecule has 1 rings (SSSR count). The van der Waals surface area contributed by atoms with Crippen molar-refractivity contribution in [1.29, 1.82) is 0 Å². The fraction of sp³-hybridized carbons (Fsp3) is 0. The lowest BCUT2D eigenvalue weighted by Gasteiger charge is -1.90. The molecule has 0 spiro atoms. The number of pyridine rings is 1. The molecule has 0 saturated heterocycles. The van der Waals surface area contributed by atoms with Gasteiger partial charge in [-0.05, 0) is 6.07 Å². The molecule has 0 aliphatic rings. The van der Waals surface area contributed by atoms with Gasteiger partial charge in [-0.25, -0.2) is 4.39 Å². The van der Waals surface area contributed by atoms with Crippen molar-refractivity contribution in [1.82, 2.24) is 4.98 Å². The summed E-state index contributed by atoms with van der Waals surface area (Å²) in [7, 11) is 0. The van der Waals surface area contributed by atoms with Crippen LogP contribution in [0.2, 0.25) is 0 Å². The average molecular weight is 122 g/mol. The molecule has 0 bridgehead atoms. The number of aromatic nitrogens is 1. The zero-order valence-corrected chi connectivity index (χ0v) is 4.71. The van der Waals surface area contributed by atoms with E-state index < -0.39 is 0 Å². The third-order valence-corrected chi connectivity index (χ3v) is 0.983. The minimum atomic E-state index is -0.389. The van der Waals surface area contributed by atoms with Gasteiger partial charge in [-0.1, -0.05) is 12.7 Å². The van der Waals surface area contributed by atoms with Gasteiger partial charge in [0, 0.05) is 11.8 Å². The number of hydrogen-bond acceptors (Lipinski definition) is 1. The third-order valence-electron chi connectivity index (χ3n) is 0.983.